The molecule has 1 aliphatic rings. The normalized spacial score (nSPS) is 13.8. The molecule has 0 unspecified atom stereocenters. The number of aryl methyl sites for hydroxylation is 2. The van der Waals surface area contributed by atoms with Crippen LogP contribution in [0.25, 0.3) is 10.2 Å². The second kappa shape index (κ2) is 4.98. The number of hydrogen-bond acceptors (Lipinski definition) is 5. The third-order valence-corrected chi connectivity index (χ3v) is 5.74. The Kier molecular flexibility index (Phi) is 3.13. The molecule has 4 rings (SSSR count). The van der Waals surface area contributed by atoms with E-state index in [1.165, 1.54) is 29.7 Å². The molecule has 20 heavy (non-hydrogen) atoms. The van der Waals surface area contributed by atoms with E-state index in [1.807, 2.05) is 22.8 Å². The number of thiophene rings is 2. The molecule has 0 saturated carbocycles. The highest BCUT2D eigenvalue weighted by atomic mass is 35.5. The number of aromatic nitrogens is 2. The molecule has 1 aliphatic carbocycles. The number of nitrogens with zero attached hydrogens (tertiary/aromatic N) is 2. The van der Waals surface area contributed by atoms with E-state index < -0.39 is 0 Å². The van der Waals surface area contributed by atoms with Gasteiger partial charge in [-0.2, -0.15) is 0 Å². The first-order valence-corrected chi connectivity index (χ1v) is 8.62. The number of anilines is 1. The van der Waals surface area contributed by atoms with E-state index in [0.29, 0.717) is 5.28 Å². The van der Waals surface area contributed by atoms with E-state index in [4.69, 9.17) is 11.6 Å². The molecule has 0 bridgehead atoms. The Morgan fingerprint density at radius 3 is 3.15 bits per heavy atom. The third kappa shape index (κ3) is 2.20. The van der Waals surface area contributed by atoms with Crippen LogP contribution in [-0.4, -0.2) is 9.97 Å². The Labute approximate surface area is 129 Å². The van der Waals surface area contributed by atoms with Crippen LogP contribution in [0, 0.1) is 0 Å². The summed E-state index contributed by atoms with van der Waals surface area (Å²) in [6.45, 7) is 0.802. The third-order valence-electron chi connectivity index (χ3n) is 3.53. The molecule has 0 radical (unpaired) electrons. The molecule has 0 atom stereocenters. The second-order valence-electron chi connectivity index (χ2n) is 4.85. The lowest BCUT2D eigenvalue weighted by Crippen LogP contribution is -2.01. The molecule has 0 fully saturated rings. The number of halogens is 1. The van der Waals surface area contributed by atoms with Crippen molar-refractivity contribution in [2.24, 2.45) is 0 Å². The number of rotatable bonds is 3. The molecule has 0 saturated heterocycles. The largest absolute Gasteiger partial charge is 0.364 e. The quantitative estimate of drug-likeness (QED) is 0.721. The van der Waals surface area contributed by atoms with E-state index in [9.17, 15) is 0 Å². The van der Waals surface area contributed by atoms with Crippen molar-refractivity contribution in [2.75, 3.05) is 5.32 Å². The lowest BCUT2D eigenvalue weighted by molar-refractivity contribution is 0.913. The number of fused-ring (bicyclic) bond motifs is 2. The summed E-state index contributed by atoms with van der Waals surface area (Å²) >= 11 is 9.47. The highest BCUT2D eigenvalue weighted by Crippen LogP contribution is 2.32. The summed E-state index contributed by atoms with van der Waals surface area (Å²) in [7, 11) is 0. The lowest BCUT2D eigenvalue weighted by atomic mass is 10.2. The summed E-state index contributed by atoms with van der Waals surface area (Å²) in [5, 5.41) is 6.76. The Hall–Kier alpha value is -1.17. The maximum absolute atomic E-state index is 5.97. The minimum absolute atomic E-state index is 0.302. The van der Waals surface area contributed by atoms with Crippen LogP contribution >= 0.6 is 34.3 Å². The average molecular weight is 322 g/mol. The molecule has 3 aromatic heterocycles. The fourth-order valence-corrected chi connectivity index (χ4v) is 4.80. The van der Waals surface area contributed by atoms with Gasteiger partial charge in [0.25, 0.3) is 0 Å². The fourth-order valence-electron chi connectivity index (χ4n) is 2.61. The zero-order valence-electron chi connectivity index (χ0n) is 10.6. The van der Waals surface area contributed by atoms with Gasteiger partial charge in [-0.1, -0.05) is 0 Å². The topological polar surface area (TPSA) is 37.8 Å². The molecule has 1 N–H and O–H groups in total. The summed E-state index contributed by atoms with van der Waals surface area (Å²) in [6.07, 6.45) is 3.79. The van der Waals surface area contributed by atoms with Gasteiger partial charge in [-0.25, -0.2) is 9.97 Å². The first kappa shape index (κ1) is 12.6. The molecule has 3 nitrogen and oxygen atoms in total. The standard InChI is InChI=1S/C14H12ClN3S2/c15-14-17-12(10-4-5-19-13(10)18-14)16-7-9-6-8-2-1-3-11(8)20-9/h4-6H,1-3,7H2,(H,16,17,18). The Bertz CT molecular complexity index is 756. The number of nitrogens with one attached hydrogen (secondary N) is 1. The maximum atomic E-state index is 5.97. The number of hydrogen-bond donors (Lipinski definition) is 1. The summed E-state index contributed by atoms with van der Waals surface area (Å²) in [6, 6.07) is 4.36. The maximum Gasteiger partial charge on any atom is 0.225 e. The zero-order valence-corrected chi connectivity index (χ0v) is 13.0. The molecule has 0 aliphatic heterocycles. The van der Waals surface area contributed by atoms with Crippen LogP contribution in [0.1, 0.15) is 21.7 Å². The molecule has 3 heterocycles. The van der Waals surface area contributed by atoms with Crippen molar-refractivity contribution in [3.8, 4) is 0 Å². The van der Waals surface area contributed by atoms with Gasteiger partial charge in [0.15, 0.2) is 0 Å². The van der Waals surface area contributed by atoms with E-state index in [2.05, 4.69) is 21.4 Å². The van der Waals surface area contributed by atoms with Crippen LogP contribution in [0.15, 0.2) is 17.5 Å². The van der Waals surface area contributed by atoms with E-state index in [1.54, 1.807) is 16.2 Å². The van der Waals surface area contributed by atoms with Crippen molar-refractivity contribution < 1.29 is 0 Å². The molecule has 0 aromatic carbocycles. The second-order valence-corrected chi connectivity index (χ2v) is 7.30. The summed E-state index contributed by atoms with van der Waals surface area (Å²) in [5.74, 6) is 0.829. The van der Waals surface area contributed by atoms with Crippen LogP contribution in [0.4, 0.5) is 5.82 Å². The summed E-state index contributed by atoms with van der Waals surface area (Å²) in [5.41, 5.74) is 1.54. The van der Waals surface area contributed by atoms with Crippen molar-refractivity contribution in [1.82, 2.24) is 9.97 Å². The van der Waals surface area contributed by atoms with Gasteiger partial charge >= 0.3 is 0 Å². The van der Waals surface area contributed by atoms with E-state index in [0.717, 1.165) is 22.6 Å². The first-order chi connectivity index (χ1) is 9.79. The highest BCUT2D eigenvalue weighted by molar-refractivity contribution is 7.16. The summed E-state index contributed by atoms with van der Waals surface area (Å²) in [4.78, 5) is 12.4. The zero-order chi connectivity index (χ0) is 13.5. The van der Waals surface area contributed by atoms with Crippen molar-refractivity contribution in [2.45, 2.75) is 25.8 Å². The van der Waals surface area contributed by atoms with Crippen LogP contribution in [0.3, 0.4) is 0 Å². The van der Waals surface area contributed by atoms with Crippen molar-refractivity contribution in [3.63, 3.8) is 0 Å². The van der Waals surface area contributed by atoms with Crippen LogP contribution in [0.2, 0.25) is 5.28 Å². The molecule has 6 heteroatoms. The van der Waals surface area contributed by atoms with Gasteiger partial charge in [0, 0.05) is 9.75 Å². The molecule has 0 amide bonds. The Balaban J connectivity index is 1.59. The predicted octanol–water partition coefficient (Wildman–Crippen LogP) is 4.51. The smallest absolute Gasteiger partial charge is 0.225 e. The van der Waals surface area contributed by atoms with Gasteiger partial charge in [0.05, 0.1) is 11.9 Å². The van der Waals surface area contributed by atoms with Gasteiger partial charge in [-0.15, -0.1) is 22.7 Å². The van der Waals surface area contributed by atoms with Crippen molar-refractivity contribution >= 4 is 50.3 Å². The Morgan fingerprint density at radius 1 is 1.30 bits per heavy atom. The van der Waals surface area contributed by atoms with Gasteiger partial charge in [-0.05, 0) is 53.9 Å². The van der Waals surface area contributed by atoms with Crippen molar-refractivity contribution in [3.05, 3.63) is 38.1 Å². The minimum Gasteiger partial charge on any atom is -0.364 e. The molecule has 102 valence electrons. The molecular weight excluding hydrogens is 310 g/mol. The van der Waals surface area contributed by atoms with Gasteiger partial charge in [0.2, 0.25) is 5.28 Å². The molecule has 3 aromatic rings. The van der Waals surface area contributed by atoms with Crippen LogP contribution in [-0.2, 0) is 19.4 Å². The molecular formula is C14H12ClN3S2. The lowest BCUT2D eigenvalue weighted by Gasteiger charge is -2.05. The average Bonchev–Trinajstić information content (AvgIpc) is 3.09. The van der Waals surface area contributed by atoms with Crippen LogP contribution < -0.4 is 5.32 Å². The summed E-state index contributed by atoms with van der Waals surface area (Å²) < 4.78 is 0. The fraction of sp³-hybridized carbons (Fsp3) is 0.286. The first-order valence-electron chi connectivity index (χ1n) is 6.55. The van der Waals surface area contributed by atoms with E-state index >= 15 is 0 Å². The van der Waals surface area contributed by atoms with Crippen LogP contribution in [0.5, 0.6) is 0 Å². The predicted molar refractivity (Wildman–Crippen MR) is 86.1 cm³/mol. The van der Waals surface area contributed by atoms with Gasteiger partial charge < -0.3 is 5.32 Å². The van der Waals surface area contributed by atoms with E-state index in [-0.39, 0.29) is 0 Å². The van der Waals surface area contributed by atoms with Gasteiger partial charge in [-0.3, -0.25) is 0 Å². The van der Waals surface area contributed by atoms with Crippen molar-refractivity contribution in [1.29, 1.82) is 0 Å². The molecule has 0 spiro atoms. The van der Waals surface area contributed by atoms with Gasteiger partial charge in [0.1, 0.15) is 10.6 Å². The monoisotopic (exact) mass is 321 g/mol. The Morgan fingerprint density at radius 2 is 2.25 bits per heavy atom. The minimum atomic E-state index is 0.302. The SMILES string of the molecule is Clc1nc(NCc2cc3c(s2)CCC3)c2ccsc2n1. The highest BCUT2D eigenvalue weighted by Gasteiger charge is 2.15.